The van der Waals surface area contributed by atoms with E-state index in [2.05, 4.69) is 12.6 Å². The van der Waals surface area contributed by atoms with Crippen molar-refractivity contribution in [1.29, 1.82) is 0 Å². The predicted octanol–water partition coefficient (Wildman–Crippen LogP) is 1.41. The molecule has 2 unspecified atom stereocenters. The van der Waals surface area contributed by atoms with Gasteiger partial charge in [0.25, 0.3) is 0 Å². The number of piperidine rings is 2. The van der Waals surface area contributed by atoms with Crippen LogP contribution in [0, 0.1) is 11.8 Å². The van der Waals surface area contributed by atoms with Gasteiger partial charge in [-0.15, -0.1) is 0 Å². The molecule has 2 atom stereocenters. The quantitative estimate of drug-likeness (QED) is 0.752. The largest absolute Gasteiger partial charge is 0.480 e. The van der Waals surface area contributed by atoms with Crippen LogP contribution in [0.25, 0.3) is 0 Å². The minimum absolute atomic E-state index is 0.0400. The van der Waals surface area contributed by atoms with E-state index in [0.29, 0.717) is 5.75 Å². The Morgan fingerprint density at radius 3 is 2.41 bits per heavy atom. The van der Waals surface area contributed by atoms with Crippen LogP contribution in [0.4, 0.5) is 0 Å². The number of thiol groups is 1. The molecule has 96 valence electrons. The van der Waals surface area contributed by atoms with Crippen LogP contribution in [-0.4, -0.2) is 39.7 Å². The van der Waals surface area contributed by atoms with Gasteiger partial charge in [0, 0.05) is 17.7 Å². The highest BCUT2D eigenvalue weighted by Gasteiger charge is 2.48. The van der Waals surface area contributed by atoms with E-state index in [1.54, 1.807) is 4.90 Å². The molecule has 4 nitrogen and oxygen atoms in total. The summed E-state index contributed by atoms with van der Waals surface area (Å²) < 4.78 is 0. The molecule has 2 heterocycles. The number of aliphatic carboxylic acids is 1. The number of carboxylic acid groups (broad SMARTS) is 1. The van der Waals surface area contributed by atoms with Crippen LogP contribution in [0.3, 0.4) is 0 Å². The Labute approximate surface area is 107 Å². The number of carboxylic acids is 1. The molecule has 3 aliphatic rings. The first-order valence-electron chi connectivity index (χ1n) is 6.22. The van der Waals surface area contributed by atoms with Crippen LogP contribution >= 0.6 is 12.6 Å². The summed E-state index contributed by atoms with van der Waals surface area (Å²) in [5, 5.41) is 9.32. The van der Waals surface area contributed by atoms with Gasteiger partial charge in [0.05, 0.1) is 0 Å². The molecule has 17 heavy (non-hydrogen) atoms. The summed E-state index contributed by atoms with van der Waals surface area (Å²) >= 11 is 4.13. The number of rotatable bonds is 3. The highest BCUT2D eigenvalue weighted by molar-refractivity contribution is 7.80. The van der Waals surface area contributed by atoms with Crippen molar-refractivity contribution in [2.45, 2.75) is 44.7 Å². The van der Waals surface area contributed by atoms with E-state index in [4.69, 9.17) is 0 Å². The average Bonchev–Trinajstić information content (AvgIpc) is 2.37. The molecule has 1 saturated carbocycles. The fourth-order valence-electron chi connectivity index (χ4n) is 3.12. The summed E-state index contributed by atoms with van der Waals surface area (Å²) in [4.78, 5) is 25.2. The standard InChI is InChI=1S/C12H19NO3S/c1-7(6-17)11(14)13-9-4-2-8(3-5-9)10(13)12(15)16/h7-10,17H,2-6H2,1H3,(H,15,16). The summed E-state index contributed by atoms with van der Waals surface area (Å²) in [6.45, 7) is 1.82. The van der Waals surface area contributed by atoms with E-state index < -0.39 is 12.0 Å². The van der Waals surface area contributed by atoms with Gasteiger partial charge < -0.3 is 10.0 Å². The number of nitrogens with zero attached hydrogens (tertiary/aromatic N) is 1. The molecule has 1 amide bonds. The molecule has 0 aromatic rings. The van der Waals surface area contributed by atoms with Crippen molar-refractivity contribution in [3.8, 4) is 0 Å². The van der Waals surface area contributed by atoms with E-state index in [1.165, 1.54) is 0 Å². The molecule has 0 aromatic carbocycles. The first-order valence-corrected chi connectivity index (χ1v) is 6.85. The summed E-state index contributed by atoms with van der Waals surface area (Å²) in [6.07, 6.45) is 3.81. The maximum Gasteiger partial charge on any atom is 0.326 e. The summed E-state index contributed by atoms with van der Waals surface area (Å²) in [6, 6.07) is -0.465. The minimum atomic E-state index is -0.848. The van der Waals surface area contributed by atoms with Crippen molar-refractivity contribution in [3.63, 3.8) is 0 Å². The lowest BCUT2D eigenvalue weighted by atomic mass is 9.74. The SMILES string of the molecule is CC(CS)C(=O)N1C2CCC(CC2)C1C(=O)O. The van der Waals surface area contributed by atoms with Crippen LogP contribution in [-0.2, 0) is 9.59 Å². The topological polar surface area (TPSA) is 57.6 Å². The van der Waals surface area contributed by atoms with Crippen molar-refractivity contribution in [3.05, 3.63) is 0 Å². The zero-order chi connectivity index (χ0) is 12.6. The molecular weight excluding hydrogens is 238 g/mol. The molecular formula is C12H19NO3S. The molecule has 0 spiro atoms. The fourth-order valence-corrected chi connectivity index (χ4v) is 3.28. The lowest BCUT2D eigenvalue weighted by Gasteiger charge is -2.50. The summed E-state index contributed by atoms with van der Waals surface area (Å²) in [7, 11) is 0. The Bertz CT molecular complexity index is 326. The van der Waals surface area contributed by atoms with Gasteiger partial charge in [-0.05, 0) is 31.6 Å². The molecule has 3 fully saturated rings. The van der Waals surface area contributed by atoms with E-state index in [1.807, 2.05) is 6.92 Å². The number of amides is 1. The Balaban J connectivity index is 2.23. The zero-order valence-electron chi connectivity index (χ0n) is 10.0. The van der Waals surface area contributed by atoms with Crippen molar-refractivity contribution < 1.29 is 14.7 Å². The van der Waals surface area contributed by atoms with Crippen molar-refractivity contribution in [2.75, 3.05) is 5.75 Å². The number of hydrogen-bond donors (Lipinski definition) is 2. The molecule has 5 heteroatoms. The minimum Gasteiger partial charge on any atom is -0.480 e. The normalized spacial score (nSPS) is 33.5. The smallest absolute Gasteiger partial charge is 0.326 e. The first-order chi connectivity index (χ1) is 8.06. The third-order valence-corrected chi connectivity index (χ3v) is 4.63. The second-order valence-electron chi connectivity index (χ2n) is 5.18. The lowest BCUT2D eigenvalue weighted by molar-refractivity contribution is -0.164. The van der Waals surface area contributed by atoms with E-state index in [-0.39, 0.29) is 23.8 Å². The van der Waals surface area contributed by atoms with Gasteiger partial charge in [0.15, 0.2) is 0 Å². The molecule has 0 radical (unpaired) electrons. The maximum absolute atomic E-state index is 12.2. The third kappa shape index (κ3) is 2.17. The van der Waals surface area contributed by atoms with Crippen LogP contribution in [0.2, 0.25) is 0 Å². The van der Waals surface area contributed by atoms with Crippen molar-refractivity contribution >= 4 is 24.5 Å². The average molecular weight is 257 g/mol. The Morgan fingerprint density at radius 2 is 1.94 bits per heavy atom. The van der Waals surface area contributed by atoms with Crippen LogP contribution in [0.5, 0.6) is 0 Å². The number of carbonyl (C=O) groups excluding carboxylic acids is 1. The monoisotopic (exact) mass is 257 g/mol. The molecule has 1 aliphatic carbocycles. The van der Waals surface area contributed by atoms with E-state index in [9.17, 15) is 14.7 Å². The second-order valence-corrected chi connectivity index (χ2v) is 5.55. The Morgan fingerprint density at radius 1 is 1.35 bits per heavy atom. The first kappa shape index (κ1) is 12.7. The summed E-state index contributed by atoms with van der Waals surface area (Å²) in [5.74, 6) is -0.465. The molecule has 2 bridgehead atoms. The predicted molar refractivity (Wildman–Crippen MR) is 67.0 cm³/mol. The molecule has 1 N–H and O–H groups in total. The molecule has 3 rings (SSSR count). The second kappa shape index (κ2) is 4.88. The molecule has 2 aliphatic heterocycles. The highest BCUT2D eigenvalue weighted by atomic mass is 32.1. The van der Waals surface area contributed by atoms with Crippen LogP contribution in [0.1, 0.15) is 32.6 Å². The van der Waals surface area contributed by atoms with Gasteiger partial charge in [0.1, 0.15) is 6.04 Å². The van der Waals surface area contributed by atoms with Crippen LogP contribution < -0.4 is 0 Å². The third-order valence-electron chi connectivity index (χ3n) is 4.08. The van der Waals surface area contributed by atoms with Gasteiger partial charge in [-0.1, -0.05) is 6.92 Å². The van der Waals surface area contributed by atoms with Gasteiger partial charge in [-0.2, -0.15) is 12.6 Å². The van der Waals surface area contributed by atoms with Gasteiger partial charge in [-0.3, -0.25) is 4.79 Å². The van der Waals surface area contributed by atoms with Gasteiger partial charge in [0.2, 0.25) is 5.91 Å². The maximum atomic E-state index is 12.2. The Hall–Kier alpha value is -0.710. The lowest BCUT2D eigenvalue weighted by Crippen LogP contribution is -2.61. The van der Waals surface area contributed by atoms with Crippen LogP contribution in [0.15, 0.2) is 0 Å². The van der Waals surface area contributed by atoms with Gasteiger partial charge >= 0.3 is 5.97 Å². The highest BCUT2D eigenvalue weighted by Crippen LogP contribution is 2.40. The number of fused-ring (bicyclic) bond motifs is 3. The molecule has 0 aromatic heterocycles. The number of carbonyl (C=O) groups is 2. The van der Waals surface area contributed by atoms with Gasteiger partial charge in [-0.25, -0.2) is 4.79 Å². The Kier molecular flexibility index (Phi) is 3.66. The molecule has 2 saturated heterocycles. The van der Waals surface area contributed by atoms with Crippen molar-refractivity contribution in [2.24, 2.45) is 11.8 Å². The summed E-state index contributed by atoms with van der Waals surface area (Å²) in [5.41, 5.74) is 0. The zero-order valence-corrected chi connectivity index (χ0v) is 10.9. The van der Waals surface area contributed by atoms with E-state index >= 15 is 0 Å². The number of hydrogen-bond acceptors (Lipinski definition) is 3. The van der Waals surface area contributed by atoms with E-state index in [0.717, 1.165) is 25.7 Å². The van der Waals surface area contributed by atoms with Crippen molar-refractivity contribution in [1.82, 2.24) is 4.90 Å². The fraction of sp³-hybridized carbons (Fsp3) is 0.833.